The first-order valence-electron chi connectivity index (χ1n) is 7.81. The fourth-order valence-corrected chi connectivity index (χ4v) is 3.37. The van der Waals surface area contributed by atoms with Gasteiger partial charge < -0.3 is 14.6 Å². The molecule has 3 rings (SSSR count). The van der Waals surface area contributed by atoms with Crippen LogP contribution in [0.15, 0.2) is 24.5 Å². The average molecular weight is 365 g/mol. The summed E-state index contributed by atoms with van der Waals surface area (Å²) in [5, 5.41) is 11.6. The van der Waals surface area contributed by atoms with Crippen LogP contribution in [0, 0.1) is 10.1 Å². The Bertz CT molecular complexity index is 794. The quantitative estimate of drug-likeness (QED) is 0.508. The molecular formula is C16H17ClN4O4. The van der Waals surface area contributed by atoms with E-state index in [0.717, 1.165) is 18.7 Å². The van der Waals surface area contributed by atoms with Crippen LogP contribution in [-0.2, 0) is 4.74 Å². The van der Waals surface area contributed by atoms with E-state index in [1.165, 1.54) is 19.2 Å². The lowest BCUT2D eigenvalue weighted by molar-refractivity contribution is -0.384. The number of hydrogen-bond acceptors (Lipinski definition) is 6. The van der Waals surface area contributed by atoms with E-state index in [2.05, 4.69) is 14.7 Å². The zero-order valence-corrected chi connectivity index (χ0v) is 14.3. The van der Waals surface area contributed by atoms with E-state index < -0.39 is 10.9 Å². The molecule has 0 saturated carbocycles. The van der Waals surface area contributed by atoms with Gasteiger partial charge in [-0.25, -0.2) is 9.78 Å². The molecule has 0 bridgehead atoms. The molecule has 1 atom stereocenters. The van der Waals surface area contributed by atoms with Crippen molar-refractivity contribution in [2.75, 3.05) is 25.1 Å². The summed E-state index contributed by atoms with van der Waals surface area (Å²) >= 11 is 6.17. The SMILES string of the molecule is COC(=O)c1cc([N+](=O)[O-])c(N2CCCC(c3ncc[nH]3)C2)cc1Cl. The van der Waals surface area contributed by atoms with Crippen LogP contribution in [0.25, 0.3) is 0 Å². The lowest BCUT2D eigenvalue weighted by Gasteiger charge is -2.33. The second-order valence-corrected chi connectivity index (χ2v) is 6.24. The van der Waals surface area contributed by atoms with E-state index in [9.17, 15) is 14.9 Å². The van der Waals surface area contributed by atoms with Crippen LogP contribution in [0.1, 0.15) is 34.9 Å². The van der Waals surface area contributed by atoms with E-state index in [1.54, 1.807) is 12.4 Å². The summed E-state index contributed by atoms with van der Waals surface area (Å²) in [5.74, 6) is 0.318. The van der Waals surface area contributed by atoms with Gasteiger partial charge >= 0.3 is 5.97 Å². The molecule has 1 aliphatic heterocycles. The molecule has 2 heterocycles. The molecule has 1 aromatic heterocycles. The lowest BCUT2D eigenvalue weighted by Crippen LogP contribution is -2.35. The third kappa shape index (κ3) is 3.43. The molecule has 1 fully saturated rings. The first-order chi connectivity index (χ1) is 12.0. The number of aromatic amines is 1. The number of nitrogens with zero attached hydrogens (tertiary/aromatic N) is 3. The number of imidazole rings is 1. The van der Waals surface area contributed by atoms with Gasteiger partial charge in [-0.3, -0.25) is 10.1 Å². The highest BCUT2D eigenvalue weighted by molar-refractivity contribution is 6.34. The summed E-state index contributed by atoms with van der Waals surface area (Å²) in [5.41, 5.74) is 0.225. The minimum Gasteiger partial charge on any atom is -0.465 e. The van der Waals surface area contributed by atoms with Crippen LogP contribution in [0.3, 0.4) is 0 Å². The zero-order valence-electron chi connectivity index (χ0n) is 13.6. The number of carbonyl (C=O) groups excluding carboxylic acids is 1. The number of aromatic nitrogens is 2. The monoisotopic (exact) mass is 364 g/mol. The summed E-state index contributed by atoms with van der Waals surface area (Å²) in [6, 6.07) is 2.65. The van der Waals surface area contributed by atoms with Crippen molar-refractivity contribution in [1.82, 2.24) is 9.97 Å². The molecule has 1 saturated heterocycles. The van der Waals surface area contributed by atoms with Gasteiger partial charge in [-0.15, -0.1) is 0 Å². The Morgan fingerprint density at radius 2 is 2.32 bits per heavy atom. The molecule has 25 heavy (non-hydrogen) atoms. The molecule has 8 nitrogen and oxygen atoms in total. The van der Waals surface area contributed by atoms with Crippen molar-refractivity contribution in [3.63, 3.8) is 0 Å². The molecule has 0 aliphatic carbocycles. The van der Waals surface area contributed by atoms with Crippen LogP contribution in [0.4, 0.5) is 11.4 Å². The molecule has 132 valence electrons. The lowest BCUT2D eigenvalue weighted by atomic mass is 9.96. The van der Waals surface area contributed by atoms with E-state index in [4.69, 9.17) is 11.6 Å². The fourth-order valence-electron chi connectivity index (χ4n) is 3.14. The highest BCUT2D eigenvalue weighted by atomic mass is 35.5. The summed E-state index contributed by atoms with van der Waals surface area (Å²) < 4.78 is 4.63. The molecule has 9 heteroatoms. The Labute approximate surface area is 148 Å². The molecule has 2 aromatic rings. The number of esters is 1. The molecule has 1 aromatic carbocycles. The molecule has 1 N–H and O–H groups in total. The van der Waals surface area contributed by atoms with Crippen molar-refractivity contribution >= 4 is 28.9 Å². The number of carbonyl (C=O) groups is 1. The van der Waals surface area contributed by atoms with Gasteiger partial charge in [0.1, 0.15) is 11.5 Å². The number of nitrogens with one attached hydrogen (secondary N) is 1. The minimum atomic E-state index is -0.702. The first kappa shape index (κ1) is 17.2. The maximum absolute atomic E-state index is 11.7. The number of ether oxygens (including phenoxy) is 1. The van der Waals surface area contributed by atoms with Crippen molar-refractivity contribution in [3.8, 4) is 0 Å². The van der Waals surface area contributed by atoms with Gasteiger partial charge in [0.05, 0.1) is 22.6 Å². The number of benzene rings is 1. The van der Waals surface area contributed by atoms with Gasteiger partial charge in [0.25, 0.3) is 5.69 Å². The largest absolute Gasteiger partial charge is 0.465 e. The normalized spacial score (nSPS) is 17.4. The molecule has 0 spiro atoms. The smallest absolute Gasteiger partial charge is 0.339 e. The second kappa shape index (κ2) is 7.10. The predicted molar refractivity (Wildman–Crippen MR) is 92.2 cm³/mol. The van der Waals surface area contributed by atoms with Gasteiger partial charge in [0.15, 0.2) is 0 Å². The van der Waals surface area contributed by atoms with Crippen molar-refractivity contribution in [1.29, 1.82) is 0 Å². The maximum atomic E-state index is 11.7. The van der Waals surface area contributed by atoms with E-state index in [1.807, 2.05) is 4.90 Å². The number of H-pyrrole nitrogens is 1. The maximum Gasteiger partial charge on any atom is 0.339 e. The number of halogens is 1. The Hall–Kier alpha value is -2.61. The third-order valence-electron chi connectivity index (χ3n) is 4.33. The summed E-state index contributed by atoms with van der Waals surface area (Å²) in [6.45, 7) is 1.26. The molecule has 0 radical (unpaired) electrons. The standard InChI is InChI=1S/C16H17ClN4O4/c1-25-16(22)11-7-14(21(23)24)13(8-12(11)17)20-6-2-3-10(9-20)15-18-4-5-19-15/h4-5,7-8,10H,2-3,6,9H2,1H3,(H,18,19). The summed E-state index contributed by atoms with van der Waals surface area (Å²) in [4.78, 5) is 32.1. The topological polar surface area (TPSA) is 101 Å². The van der Waals surface area contributed by atoms with Crippen LogP contribution in [0.5, 0.6) is 0 Å². The van der Waals surface area contributed by atoms with Crippen LogP contribution in [0.2, 0.25) is 5.02 Å². The number of anilines is 1. The third-order valence-corrected chi connectivity index (χ3v) is 4.65. The number of rotatable bonds is 4. The van der Waals surface area contributed by atoms with Gasteiger partial charge in [0.2, 0.25) is 0 Å². The van der Waals surface area contributed by atoms with Crippen molar-refractivity contribution in [3.05, 3.63) is 51.1 Å². The Morgan fingerprint density at radius 1 is 1.52 bits per heavy atom. The second-order valence-electron chi connectivity index (χ2n) is 5.83. The number of methoxy groups -OCH3 is 1. The van der Waals surface area contributed by atoms with Crippen LogP contribution < -0.4 is 4.90 Å². The predicted octanol–water partition coefficient (Wildman–Crippen LogP) is 3.14. The van der Waals surface area contributed by atoms with Crippen molar-refractivity contribution in [2.24, 2.45) is 0 Å². The minimum absolute atomic E-state index is 0.0146. The van der Waals surface area contributed by atoms with Crippen molar-refractivity contribution < 1.29 is 14.5 Å². The Balaban J connectivity index is 1.96. The van der Waals surface area contributed by atoms with Crippen LogP contribution >= 0.6 is 11.6 Å². The highest BCUT2D eigenvalue weighted by Gasteiger charge is 2.29. The van der Waals surface area contributed by atoms with Gasteiger partial charge in [-0.1, -0.05) is 11.6 Å². The molecule has 1 unspecified atom stereocenters. The highest BCUT2D eigenvalue weighted by Crippen LogP contribution is 2.37. The van der Waals surface area contributed by atoms with E-state index in [-0.39, 0.29) is 22.2 Å². The average Bonchev–Trinajstić information content (AvgIpc) is 3.15. The van der Waals surface area contributed by atoms with E-state index in [0.29, 0.717) is 18.8 Å². The number of hydrogen-bond donors (Lipinski definition) is 1. The number of nitro groups is 1. The van der Waals surface area contributed by atoms with E-state index >= 15 is 0 Å². The Morgan fingerprint density at radius 3 is 2.96 bits per heavy atom. The number of nitro benzene ring substituents is 1. The number of piperidine rings is 1. The molecule has 1 aliphatic rings. The summed E-state index contributed by atoms with van der Waals surface area (Å²) in [6.07, 6.45) is 5.28. The van der Waals surface area contributed by atoms with Gasteiger partial charge in [-0.2, -0.15) is 0 Å². The van der Waals surface area contributed by atoms with Crippen LogP contribution in [-0.4, -0.2) is 41.1 Å². The first-order valence-corrected chi connectivity index (χ1v) is 8.19. The Kier molecular flexibility index (Phi) is 4.89. The zero-order chi connectivity index (χ0) is 18.0. The summed E-state index contributed by atoms with van der Waals surface area (Å²) in [7, 11) is 1.21. The van der Waals surface area contributed by atoms with Gasteiger partial charge in [-0.05, 0) is 18.9 Å². The van der Waals surface area contributed by atoms with Gasteiger partial charge in [0, 0.05) is 37.5 Å². The molecule has 0 amide bonds. The molecular weight excluding hydrogens is 348 g/mol. The fraction of sp³-hybridized carbons (Fsp3) is 0.375. The van der Waals surface area contributed by atoms with Crippen molar-refractivity contribution in [2.45, 2.75) is 18.8 Å².